The van der Waals surface area contributed by atoms with Gasteiger partial charge in [0.2, 0.25) is 0 Å². The molecule has 1 saturated heterocycles. The van der Waals surface area contributed by atoms with E-state index in [1.165, 1.54) is 19.2 Å². The third-order valence-electron chi connectivity index (χ3n) is 4.98. The second kappa shape index (κ2) is 8.37. The zero-order valence-corrected chi connectivity index (χ0v) is 15.3. The summed E-state index contributed by atoms with van der Waals surface area (Å²) in [5.74, 6) is -0.561. The number of benzene rings is 1. The van der Waals surface area contributed by atoms with Gasteiger partial charge in [0.15, 0.2) is 0 Å². The van der Waals surface area contributed by atoms with E-state index in [4.69, 9.17) is 9.47 Å². The van der Waals surface area contributed by atoms with Crippen LogP contribution in [-0.4, -0.2) is 45.4 Å². The molecule has 5 nitrogen and oxygen atoms in total. The van der Waals surface area contributed by atoms with Crippen LogP contribution in [0, 0.1) is 11.8 Å². The Balaban J connectivity index is 1.86. The summed E-state index contributed by atoms with van der Waals surface area (Å²) in [4.78, 5) is 13.0. The lowest BCUT2D eigenvalue weighted by molar-refractivity contribution is -0.170. The van der Waals surface area contributed by atoms with Crippen molar-refractivity contribution in [2.45, 2.75) is 31.9 Å². The second-order valence-corrected chi connectivity index (χ2v) is 7.23. The fourth-order valence-electron chi connectivity index (χ4n) is 3.19. The van der Waals surface area contributed by atoms with Gasteiger partial charge in [0, 0.05) is 24.7 Å². The number of halogens is 3. The average molecular weight is 386 g/mol. The molecule has 0 bridgehead atoms. The third kappa shape index (κ3) is 5.51. The number of rotatable bonds is 7. The molecule has 0 spiro atoms. The van der Waals surface area contributed by atoms with Gasteiger partial charge < -0.3 is 19.7 Å². The van der Waals surface area contributed by atoms with Crippen molar-refractivity contribution in [3.05, 3.63) is 18.2 Å². The van der Waals surface area contributed by atoms with Crippen LogP contribution in [0.1, 0.15) is 25.7 Å². The Kier molecular flexibility index (Phi) is 6.14. The van der Waals surface area contributed by atoms with Crippen molar-refractivity contribution in [1.82, 2.24) is 5.32 Å². The minimum atomic E-state index is -4.94. The Morgan fingerprint density at radius 1 is 1.11 bits per heavy atom. The molecule has 0 atom stereocenters. The second-order valence-electron chi connectivity index (χ2n) is 7.23. The van der Waals surface area contributed by atoms with Gasteiger partial charge in [0.05, 0.1) is 19.4 Å². The van der Waals surface area contributed by atoms with Crippen LogP contribution >= 0.6 is 0 Å². The number of amides is 1. The maximum Gasteiger partial charge on any atom is 0.471 e. The summed E-state index contributed by atoms with van der Waals surface area (Å²) in [6.07, 6.45) is -1.27. The van der Waals surface area contributed by atoms with Gasteiger partial charge in [-0.05, 0) is 50.6 Å². The molecule has 3 rings (SSSR count). The van der Waals surface area contributed by atoms with E-state index in [1.54, 1.807) is 6.07 Å². The number of carbonyl (C=O) groups excluding carboxylic acids is 1. The van der Waals surface area contributed by atoms with E-state index in [1.807, 2.05) is 0 Å². The number of nitrogens with one attached hydrogen (secondary N) is 1. The van der Waals surface area contributed by atoms with Gasteiger partial charge in [-0.3, -0.25) is 4.79 Å². The minimum absolute atomic E-state index is 0.0135. The number of nitrogens with zero attached hydrogens (tertiary/aromatic N) is 1. The fourth-order valence-corrected chi connectivity index (χ4v) is 3.19. The first-order valence-electron chi connectivity index (χ1n) is 9.28. The zero-order chi connectivity index (χ0) is 19.4. The normalized spacial score (nSPS) is 18.2. The fraction of sp³-hybridized carbons (Fsp3) is 0.632. The number of piperidine rings is 1. The standard InChI is InChI=1S/C19H25F3N2O3/c1-26-16-8-15(9-17(10-16)27-12-14-2-3-14)24(18(25)19(20,21)22)11-13-4-6-23-7-5-13/h8-10,13-14,23H,2-7,11-12H2,1H3. The molecule has 0 aromatic heterocycles. The van der Waals surface area contributed by atoms with Crippen molar-refractivity contribution in [2.75, 3.05) is 38.3 Å². The molecular weight excluding hydrogens is 361 g/mol. The molecule has 1 N–H and O–H groups in total. The van der Waals surface area contributed by atoms with E-state index < -0.39 is 12.1 Å². The molecule has 1 aromatic carbocycles. The van der Waals surface area contributed by atoms with Gasteiger partial charge >= 0.3 is 12.1 Å². The molecule has 1 aliphatic heterocycles. The van der Waals surface area contributed by atoms with Crippen molar-refractivity contribution >= 4 is 11.6 Å². The lowest BCUT2D eigenvalue weighted by Crippen LogP contribution is -2.45. The lowest BCUT2D eigenvalue weighted by atomic mass is 9.97. The summed E-state index contributed by atoms with van der Waals surface area (Å²) in [5.41, 5.74) is 0.154. The highest BCUT2D eigenvalue weighted by Crippen LogP contribution is 2.34. The average Bonchev–Trinajstić information content (AvgIpc) is 3.48. The van der Waals surface area contributed by atoms with Crippen LogP contribution in [0.3, 0.4) is 0 Å². The van der Waals surface area contributed by atoms with Crippen molar-refractivity contribution in [3.63, 3.8) is 0 Å². The quantitative estimate of drug-likeness (QED) is 0.781. The maximum absolute atomic E-state index is 13.2. The first-order chi connectivity index (χ1) is 12.9. The Bertz CT molecular complexity index is 656. The SMILES string of the molecule is COc1cc(OCC2CC2)cc(N(CC2CCNCC2)C(=O)C(F)(F)F)c1. The van der Waals surface area contributed by atoms with Gasteiger partial charge in [-0.25, -0.2) is 0 Å². The number of hydrogen-bond donors (Lipinski definition) is 1. The predicted molar refractivity (Wildman–Crippen MR) is 95.2 cm³/mol. The summed E-state index contributed by atoms with van der Waals surface area (Å²) in [7, 11) is 1.44. The van der Waals surface area contributed by atoms with Crippen molar-refractivity contribution in [2.24, 2.45) is 11.8 Å². The highest BCUT2D eigenvalue weighted by molar-refractivity contribution is 5.97. The van der Waals surface area contributed by atoms with E-state index in [0.717, 1.165) is 43.7 Å². The summed E-state index contributed by atoms with van der Waals surface area (Å²) in [6, 6.07) is 4.58. The molecule has 8 heteroatoms. The lowest BCUT2D eigenvalue weighted by Gasteiger charge is -2.31. The third-order valence-corrected chi connectivity index (χ3v) is 4.98. The topological polar surface area (TPSA) is 50.8 Å². The van der Waals surface area contributed by atoms with Crippen LogP contribution < -0.4 is 19.7 Å². The number of carbonyl (C=O) groups is 1. The van der Waals surface area contributed by atoms with Gasteiger partial charge in [0.1, 0.15) is 11.5 Å². The van der Waals surface area contributed by atoms with E-state index >= 15 is 0 Å². The van der Waals surface area contributed by atoms with Crippen molar-refractivity contribution in [1.29, 1.82) is 0 Å². The number of ether oxygens (including phenoxy) is 2. The largest absolute Gasteiger partial charge is 0.497 e. The van der Waals surface area contributed by atoms with E-state index in [0.29, 0.717) is 24.0 Å². The van der Waals surface area contributed by atoms with Gasteiger partial charge in [-0.2, -0.15) is 13.2 Å². The molecule has 0 unspecified atom stereocenters. The smallest absolute Gasteiger partial charge is 0.471 e. The number of hydrogen-bond acceptors (Lipinski definition) is 4. The Morgan fingerprint density at radius 3 is 2.37 bits per heavy atom. The number of anilines is 1. The van der Waals surface area contributed by atoms with Crippen LogP contribution in [0.2, 0.25) is 0 Å². The molecule has 1 saturated carbocycles. The molecule has 27 heavy (non-hydrogen) atoms. The molecular formula is C19H25F3N2O3. The van der Waals surface area contributed by atoms with Crippen LogP contribution in [0.15, 0.2) is 18.2 Å². The van der Waals surface area contributed by atoms with E-state index in [9.17, 15) is 18.0 Å². The summed E-state index contributed by atoms with van der Waals surface area (Å²) in [5, 5.41) is 3.18. The maximum atomic E-state index is 13.2. The number of alkyl halides is 3. The molecule has 150 valence electrons. The van der Waals surface area contributed by atoms with Crippen LogP contribution in [0.25, 0.3) is 0 Å². The summed E-state index contributed by atoms with van der Waals surface area (Å²) >= 11 is 0. The van der Waals surface area contributed by atoms with Crippen molar-refractivity contribution < 1.29 is 27.4 Å². The Morgan fingerprint density at radius 2 is 1.78 bits per heavy atom. The highest BCUT2D eigenvalue weighted by Gasteiger charge is 2.43. The molecule has 1 aromatic rings. The van der Waals surface area contributed by atoms with Crippen LogP contribution in [-0.2, 0) is 4.79 Å². The molecule has 1 amide bonds. The van der Waals surface area contributed by atoms with Gasteiger partial charge in [-0.1, -0.05) is 0 Å². The van der Waals surface area contributed by atoms with E-state index in [2.05, 4.69) is 5.32 Å². The first kappa shape index (κ1) is 19.8. The molecule has 2 aliphatic rings. The minimum Gasteiger partial charge on any atom is -0.497 e. The van der Waals surface area contributed by atoms with Gasteiger partial charge in [0.25, 0.3) is 0 Å². The molecule has 0 radical (unpaired) electrons. The van der Waals surface area contributed by atoms with E-state index in [-0.39, 0.29) is 18.2 Å². The summed E-state index contributed by atoms with van der Waals surface area (Å²) in [6.45, 7) is 2.03. The first-order valence-corrected chi connectivity index (χ1v) is 9.28. The molecule has 1 aliphatic carbocycles. The monoisotopic (exact) mass is 386 g/mol. The zero-order valence-electron chi connectivity index (χ0n) is 15.3. The van der Waals surface area contributed by atoms with Crippen LogP contribution in [0.4, 0.5) is 18.9 Å². The predicted octanol–water partition coefficient (Wildman–Crippen LogP) is 3.38. The summed E-state index contributed by atoms with van der Waals surface area (Å²) < 4.78 is 50.6. The molecule has 2 fully saturated rings. The number of methoxy groups -OCH3 is 1. The van der Waals surface area contributed by atoms with Gasteiger partial charge in [-0.15, -0.1) is 0 Å². The Hall–Kier alpha value is -1.96. The van der Waals surface area contributed by atoms with Crippen molar-refractivity contribution in [3.8, 4) is 11.5 Å². The molecule has 1 heterocycles. The highest BCUT2D eigenvalue weighted by atomic mass is 19.4. The van der Waals surface area contributed by atoms with Crippen LogP contribution in [0.5, 0.6) is 11.5 Å². The Labute approximate surface area is 156 Å².